The van der Waals surface area contributed by atoms with Gasteiger partial charge >= 0.3 is 11.9 Å². The second kappa shape index (κ2) is 6.17. The van der Waals surface area contributed by atoms with E-state index in [4.69, 9.17) is 10.2 Å². The lowest BCUT2D eigenvalue weighted by Gasteiger charge is -2.34. The Morgan fingerprint density at radius 3 is 2.19 bits per heavy atom. The van der Waals surface area contributed by atoms with E-state index < -0.39 is 35.4 Å². The van der Waals surface area contributed by atoms with Crippen LogP contribution in [0, 0.1) is 23.5 Å². The molecule has 5 nitrogen and oxygen atoms in total. The molecular weight excluding hydrogens is 284 g/mol. The zero-order chi connectivity index (χ0) is 15.6. The van der Waals surface area contributed by atoms with Crippen LogP contribution in [0.25, 0.3) is 0 Å². The maximum atomic E-state index is 13.1. The van der Waals surface area contributed by atoms with Gasteiger partial charge in [-0.3, -0.25) is 14.5 Å². The highest BCUT2D eigenvalue weighted by Gasteiger charge is 2.38. The standard InChI is InChI=1S/C14H15F2NO4/c15-9-3-8(4-10(16)5-9)6-17-2-1-11(13(18)19)12(7-17)14(20)21/h3-5,11-12H,1-2,6-7H2,(H,18,19)(H,20,21). The van der Waals surface area contributed by atoms with Gasteiger partial charge in [0.15, 0.2) is 0 Å². The second-order valence-electron chi connectivity index (χ2n) is 5.19. The van der Waals surface area contributed by atoms with Crippen molar-refractivity contribution < 1.29 is 28.6 Å². The van der Waals surface area contributed by atoms with Crippen LogP contribution < -0.4 is 0 Å². The highest BCUT2D eigenvalue weighted by molar-refractivity contribution is 5.80. The zero-order valence-corrected chi connectivity index (χ0v) is 11.1. The highest BCUT2D eigenvalue weighted by atomic mass is 19.1. The van der Waals surface area contributed by atoms with Crippen LogP contribution in [-0.2, 0) is 16.1 Å². The lowest BCUT2D eigenvalue weighted by molar-refractivity contribution is -0.157. The molecule has 21 heavy (non-hydrogen) atoms. The molecule has 7 heteroatoms. The Kier molecular flexibility index (Phi) is 4.52. The molecule has 1 aromatic carbocycles. The van der Waals surface area contributed by atoms with Crippen LogP contribution >= 0.6 is 0 Å². The third-order valence-electron chi connectivity index (χ3n) is 3.66. The van der Waals surface area contributed by atoms with Gasteiger partial charge in [0.25, 0.3) is 0 Å². The van der Waals surface area contributed by atoms with Crippen LogP contribution in [0.5, 0.6) is 0 Å². The minimum Gasteiger partial charge on any atom is -0.481 e. The topological polar surface area (TPSA) is 77.8 Å². The largest absolute Gasteiger partial charge is 0.481 e. The van der Waals surface area contributed by atoms with Gasteiger partial charge in [0.1, 0.15) is 11.6 Å². The lowest BCUT2D eigenvalue weighted by Crippen LogP contribution is -2.46. The molecule has 114 valence electrons. The average molecular weight is 299 g/mol. The van der Waals surface area contributed by atoms with Crippen molar-refractivity contribution in [2.75, 3.05) is 13.1 Å². The number of likely N-dealkylation sites (tertiary alicyclic amines) is 1. The first-order valence-corrected chi connectivity index (χ1v) is 6.49. The van der Waals surface area contributed by atoms with Crippen molar-refractivity contribution in [3.63, 3.8) is 0 Å². The molecule has 0 amide bonds. The Hall–Kier alpha value is -2.02. The molecule has 2 atom stereocenters. The number of rotatable bonds is 4. The number of piperidine rings is 1. The minimum absolute atomic E-state index is 0.0461. The predicted octanol–water partition coefficient (Wildman–Crippen LogP) is 1.57. The van der Waals surface area contributed by atoms with E-state index in [1.54, 1.807) is 4.90 Å². The van der Waals surface area contributed by atoms with E-state index in [9.17, 15) is 18.4 Å². The number of carboxylic acids is 2. The summed E-state index contributed by atoms with van der Waals surface area (Å²) in [5.74, 6) is -5.63. The van der Waals surface area contributed by atoms with Gasteiger partial charge in [-0.15, -0.1) is 0 Å². The summed E-state index contributed by atoms with van der Waals surface area (Å²) in [6.45, 7) is 0.605. The molecule has 2 unspecified atom stereocenters. The van der Waals surface area contributed by atoms with Crippen LogP contribution in [0.4, 0.5) is 8.78 Å². The van der Waals surface area contributed by atoms with Gasteiger partial charge in [0.05, 0.1) is 11.8 Å². The lowest BCUT2D eigenvalue weighted by atomic mass is 9.85. The molecule has 0 aliphatic carbocycles. The maximum Gasteiger partial charge on any atom is 0.308 e. The first-order valence-electron chi connectivity index (χ1n) is 6.49. The molecule has 1 aromatic rings. The zero-order valence-electron chi connectivity index (χ0n) is 11.1. The van der Waals surface area contributed by atoms with Gasteiger partial charge in [-0.2, -0.15) is 0 Å². The summed E-state index contributed by atoms with van der Waals surface area (Å²) in [7, 11) is 0. The molecule has 0 bridgehead atoms. The minimum atomic E-state index is -1.17. The second-order valence-corrected chi connectivity index (χ2v) is 5.19. The molecule has 2 rings (SSSR count). The number of aliphatic carboxylic acids is 2. The summed E-state index contributed by atoms with van der Waals surface area (Å²) in [6, 6.07) is 3.13. The quantitative estimate of drug-likeness (QED) is 0.882. The summed E-state index contributed by atoms with van der Waals surface area (Å²) in [6.07, 6.45) is 0.199. The molecule has 1 saturated heterocycles. The number of carbonyl (C=O) groups is 2. The van der Waals surface area contributed by atoms with Gasteiger partial charge < -0.3 is 10.2 Å². The van der Waals surface area contributed by atoms with E-state index in [0.717, 1.165) is 6.07 Å². The van der Waals surface area contributed by atoms with Crippen molar-refractivity contribution in [3.05, 3.63) is 35.4 Å². The molecule has 0 saturated carbocycles. The third-order valence-corrected chi connectivity index (χ3v) is 3.66. The van der Waals surface area contributed by atoms with E-state index in [0.29, 0.717) is 12.1 Å². The fourth-order valence-electron chi connectivity index (χ4n) is 2.67. The van der Waals surface area contributed by atoms with E-state index >= 15 is 0 Å². The average Bonchev–Trinajstić information content (AvgIpc) is 2.36. The summed E-state index contributed by atoms with van der Waals surface area (Å²) in [4.78, 5) is 23.9. The molecule has 0 aromatic heterocycles. The summed E-state index contributed by atoms with van der Waals surface area (Å²) >= 11 is 0. The number of hydrogen-bond donors (Lipinski definition) is 2. The fraction of sp³-hybridized carbons (Fsp3) is 0.429. The van der Waals surface area contributed by atoms with Gasteiger partial charge in [-0.05, 0) is 30.7 Å². The molecule has 1 heterocycles. The Balaban J connectivity index is 2.09. The van der Waals surface area contributed by atoms with E-state index in [1.807, 2.05) is 0 Å². The first-order chi connectivity index (χ1) is 9.86. The number of hydrogen-bond acceptors (Lipinski definition) is 3. The van der Waals surface area contributed by atoms with Crippen LogP contribution in [0.2, 0.25) is 0 Å². The number of carboxylic acid groups (broad SMARTS) is 2. The molecule has 2 N–H and O–H groups in total. The van der Waals surface area contributed by atoms with Crippen molar-refractivity contribution in [3.8, 4) is 0 Å². The number of halogens is 2. The highest BCUT2D eigenvalue weighted by Crippen LogP contribution is 2.25. The molecular formula is C14H15F2NO4. The van der Waals surface area contributed by atoms with E-state index in [1.165, 1.54) is 12.1 Å². The van der Waals surface area contributed by atoms with Crippen LogP contribution in [0.15, 0.2) is 18.2 Å². The van der Waals surface area contributed by atoms with E-state index in [-0.39, 0.29) is 19.5 Å². The van der Waals surface area contributed by atoms with Crippen LogP contribution in [0.3, 0.4) is 0 Å². The van der Waals surface area contributed by atoms with Crippen molar-refractivity contribution in [2.24, 2.45) is 11.8 Å². The third kappa shape index (κ3) is 3.75. The number of benzene rings is 1. The Morgan fingerprint density at radius 2 is 1.67 bits per heavy atom. The first kappa shape index (κ1) is 15.4. The summed E-state index contributed by atoms with van der Waals surface area (Å²) < 4.78 is 26.2. The summed E-state index contributed by atoms with van der Waals surface area (Å²) in [5, 5.41) is 18.1. The van der Waals surface area contributed by atoms with E-state index in [2.05, 4.69) is 0 Å². The van der Waals surface area contributed by atoms with Crippen LogP contribution in [0.1, 0.15) is 12.0 Å². The number of nitrogens with zero attached hydrogens (tertiary/aromatic N) is 1. The smallest absolute Gasteiger partial charge is 0.308 e. The summed E-state index contributed by atoms with van der Waals surface area (Å²) in [5.41, 5.74) is 0.394. The Labute approximate surface area is 119 Å². The molecule has 1 aliphatic heterocycles. The van der Waals surface area contributed by atoms with Gasteiger partial charge in [0.2, 0.25) is 0 Å². The normalized spacial score (nSPS) is 23.0. The van der Waals surface area contributed by atoms with Crippen molar-refractivity contribution in [2.45, 2.75) is 13.0 Å². The maximum absolute atomic E-state index is 13.1. The van der Waals surface area contributed by atoms with Gasteiger partial charge in [0, 0.05) is 19.2 Å². The fourth-order valence-corrected chi connectivity index (χ4v) is 2.67. The van der Waals surface area contributed by atoms with Gasteiger partial charge in [-0.1, -0.05) is 0 Å². The Morgan fingerprint density at radius 1 is 1.10 bits per heavy atom. The van der Waals surface area contributed by atoms with Gasteiger partial charge in [-0.25, -0.2) is 8.78 Å². The molecule has 0 spiro atoms. The molecule has 0 radical (unpaired) electrons. The Bertz CT molecular complexity index is 544. The predicted molar refractivity (Wildman–Crippen MR) is 68.5 cm³/mol. The monoisotopic (exact) mass is 299 g/mol. The van der Waals surface area contributed by atoms with Crippen LogP contribution in [-0.4, -0.2) is 40.1 Å². The SMILES string of the molecule is O=C(O)C1CCN(Cc2cc(F)cc(F)c2)CC1C(=O)O. The molecule has 1 fully saturated rings. The van der Waals surface area contributed by atoms with Crippen molar-refractivity contribution in [1.29, 1.82) is 0 Å². The van der Waals surface area contributed by atoms with Crippen molar-refractivity contribution >= 4 is 11.9 Å². The van der Waals surface area contributed by atoms with Crippen molar-refractivity contribution in [1.82, 2.24) is 4.90 Å². The molecule has 1 aliphatic rings.